The minimum absolute atomic E-state index is 0.0831. The summed E-state index contributed by atoms with van der Waals surface area (Å²) >= 11 is 7.51. The molecule has 246 valence electrons. The molecule has 7 nitrogen and oxygen atoms in total. The molecule has 1 spiro atoms. The molecule has 0 N–H and O–H groups in total. The van der Waals surface area contributed by atoms with Gasteiger partial charge in [0, 0.05) is 77.7 Å². The van der Waals surface area contributed by atoms with Gasteiger partial charge >= 0.3 is 11.9 Å². The van der Waals surface area contributed by atoms with Crippen LogP contribution in [0.1, 0.15) is 25.8 Å². The number of anilines is 1. The van der Waals surface area contributed by atoms with Crippen LogP contribution in [0, 0.1) is 24.0 Å². The molecule has 6 rings (SSSR count). The van der Waals surface area contributed by atoms with Crippen molar-refractivity contribution in [2.45, 2.75) is 56.9 Å². The van der Waals surface area contributed by atoms with E-state index in [0.29, 0.717) is 58.0 Å². The first kappa shape index (κ1) is 32.8. The van der Waals surface area contributed by atoms with Crippen molar-refractivity contribution in [2.24, 2.45) is 5.41 Å². The zero-order valence-corrected chi connectivity index (χ0v) is 27.1. The van der Waals surface area contributed by atoms with Crippen LogP contribution in [0.4, 0.5) is 27.8 Å². The molecule has 0 unspecified atom stereocenters. The summed E-state index contributed by atoms with van der Waals surface area (Å²) in [7, 11) is 0. The number of piperazine rings is 1. The Labute approximate surface area is 272 Å². The summed E-state index contributed by atoms with van der Waals surface area (Å²) in [5.41, 5.74) is 0.552. The number of benzene rings is 2. The number of carbonyl (C=O) groups is 1. The number of carbonyl (C=O) groups excluding carboxylic acids is 1. The van der Waals surface area contributed by atoms with E-state index in [9.17, 15) is 27.2 Å². The number of aromatic nitrogens is 2. The largest absolute Gasteiger partial charge is 0.401 e. The van der Waals surface area contributed by atoms with Gasteiger partial charge in [-0.3, -0.25) is 14.3 Å². The maximum Gasteiger partial charge on any atom is 0.401 e. The summed E-state index contributed by atoms with van der Waals surface area (Å²) in [5, 5.41) is 0.378. The van der Waals surface area contributed by atoms with E-state index in [-0.39, 0.29) is 48.2 Å². The summed E-state index contributed by atoms with van der Waals surface area (Å²) in [5.74, 6) is -0.983. The smallest absolute Gasteiger partial charge is 0.352 e. The Bertz CT molecular complexity index is 1800. The van der Waals surface area contributed by atoms with E-state index in [1.54, 1.807) is 11.8 Å². The molecular formula is C32H33ClF5N5O2S. The van der Waals surface area contributed by atoms with Crippen molar-refractivity contribution in [1.82, 2.24) is 19.4 Å². The third-order valence-corrected chi connectivity index (χ3v) is 10.6. The van der Waals surface area contributed by atoms with Crippen LogP contribution in [0.3, 0.4) is 0 Å². The molecule has 2 fully saturated rings. The van der Waals surface area contributed by atoms with E-state index in [1.165, 1.54) is 33.4 Å². The van der Waals surface area contributed by atoms with Gasteiger partial charge in [0.25, 0.3) is 0 Å². The Hall–Kier alpha value is -3.16. The molecule has 2 atom stereocenters. The van der Waals surface area contributed by atoms with Gasteiger partial charge in [0.1, 0.15) is 17.5 Å². The van der Waals surface area contributed by atoms with Gasteiger partial charge in [-0.1, -0.05) is 18.2 Å². The van der Waals surface area contributed by atoms with Crippen molar-refractivity contribution in [2.75, 3.05) is 43.4 Å². The fraction of sp³-hybridized carbons (Fsp3) is 0.469. The van der Waals surface area contributed by atoms with Crippen LogP contribution in [0.25, 0.3) is 22.0 Å². The molecule has 0 aliphatic carbocycles. The summed E-state index contributed by atoms with van der Waals surface area (Å²) in [6.45, 7) is 9.47. The van der Waals surface area contributed by atoms with E-state index in [1.807, 2.05) is 24.8 Å². The minimum Gasteiger partial charge on any atom is -0.352 e. The normalized spacial score (nSPS) is 21.7. The molecule has 46 heavy (non-hydrogen) atoms. The predicted molar refractivity (Wildman–Crippen MR) is 170 cm³/mol. The molecule has 14 heteroatoms. The molecule has 0 radical (unpaired) electrons. The molecule has 3 aliphatic heterocycles. The molecule has 2 saturated heterocycles. The molecule has 2 aromatic carbocycles. The number of halogens is 6. The number of alkyl halides is 3. The number of thioether (sulfide) groups is 1. The molecular weight excluding hydrogens is 649 g/mol. The van der Waals surface area contributed by atoms with Crippen LogP contribution in [0.2, 0.25) is 5.02 Å². The molecule has 4 heterocycles. The van der Waals surface area contributed by atoms with E-state index >= 15 is 4.39 Å². The van der Waals surface area contributed by atoms with E-state index < -0.39 is 35.5 Å². The highest BCUT2D eigenvalue weighted by atomic mass is 35.5. The Kier molecular flexibility index (Phi) is 8.42. The quantitative estimate of drug-likeness (QED) is 0.184. The summed E-state index contributed by atoms with van der Waals surface area (Å²) in [6.07, 6.45) is -2.54. The monoisotopic (exact) mass is 681 g/mol. The Balaban J connectivity index is 1.54. The first-order chi connectivity index (χ1) is 21.6. The van der Waals surface area contributed by atoms with E-state index in [2.05, 4.69) is 11.6 Å². The Morgan fingerprint density at radius 2 is 1.80 bits per heavy atom. The average Bonchev–Trinajstić information content (AvgIpc) is 2.93. The number of rotatable bonds is 4. The number of amides is 1. The van der Waals surface area contributed by atoms with Gasteiger partial charge in [0.2, 0.25) is 5.91 Å². The van der Waals surface area contributed by atoms with Gasteiger partial charge in [-0.25, -0.2) is 13.6 Å². The fourth-order valence-corrected chi connectivity index (χ4v) is 9.12. The molecule has 3 aliphatic rings. The van der Waals surface area contributed by atoms with Gasteiger partial charge in [-0.2, -0.15) is 18.2 Å². The number of hydrogen-bond acceptors (Lipinski definition) is 6. The minimum atomic E-state index is -4.33. The van der Waals surface area contributed by atoms with Crippen molar-refractivity contribution in [3.63, 3.8) is 0 Å². The number of likely N-dealkylation sites (tertiary alicyclic amines) is 1. The van der Waals surface area contributed by atoms with Crippen LogP contribution >= 0.6 is 23.4 Å². The highest BCUT2D eigenvalue weighted by Gasteiger charge is 2.48. The number of aryl methyl sites for hydroxylation is 1. The fourth-order valence-electron chi connectivity index (χ4n) is 7.44. The van der Waals surface area contributed by atoms with Crippen LogP contribution in [-0.4, -0.2) is 82.0 Å². The maximum absolute atomic E-state index is 15.4. The van der Waals surface area contributed by atoms with Crippen LogP contribution < -0.4 is 10.6 Å². The third-order valence-electron chi connectivity index (χ3n) is 9.22. The van der Waals surface area contributed by atoms with Crippen molar-refractivity contribution in [3.8, 4) is 11.1 Å². The van der Waals surface area contributed by atoms with Gasteiger partial charge in [0.15, 0.2) is 0 Å². The highest BCUT2D eigenvalue weighted by Crippen LogP contribution is 2.48. The van der Waals surface area contributed by atoms with Crippen LogP contribution in [0.5, 0.6) is 0 Å². The first-order valence-corrected chi connectivity index (χ1v) is 16.3. The van der Waals surface area contributed by atoms with Crippen LogP contribution in [-0.2, 0) is 11.3 Å². The van der Waals surface area contributed by atoms with Crippen molar-refractivity contribution in [1.29, 1.82) is 0 Å². The standard InChI is InChI=1S/C32H33ClF5N5O2S/c1-5-25(44)43-18(3)11-41(12-19(43)4)29-21-8-17(2)26(20-9-22(33)24(35)10-23(20)34)28-27(21)42(30(45)39-29)15-31(6-7-46-28)13-40(14-31)16-32(36,37)38/h5,8-10,18-19H,1,6-7,11-16H2,2-4H3/t18-,19+. The molecule has 3 aromatic rings. The summed E-state index contributed by atoms with van der Waals surface area (Å²) in [4.78, 5) is 36.8. The third kappa shape index (κ3) is 5.79. The molecule has 0 bridgehead atoms. The van der Waals surface area contributed by atoms with Gasteiger partial charge in [-0.15, -0.1) is 11.8 Å². The first-order valence-electron chi connectivity index (χ1n) is 15.0. The Morgan fingerprint density at radius 3 is 2.43 bits per heavy atom. The molecule has 1 aromatic heterocycles. The zero-order valence-electron chi connectivity index (χ0n) is 25.6. The number of nitrogens with zero attached hydrogens (tertiary/aromatic N) is 5. The second-order valence-electron chi connectivity index (χ2n) is 12.8. The summed E-state index contributed by atoms with van der Waals surface area (Å²) in [6, 6.07) is 3.34. The lowest BCUT2D eigenvalue weighted by molar-refractivity contribution is -0.171. The SMILES string of the molecule is C=CC(=O)N1[C@H](C)CN(c2nc(=O)n3c4c(c(-c5cc(Cl)c(F)cc5F)c(C)cc24)SCCC2(CN(CC(F)(F)F)C2)C3)C[C@@H]1C. The lowest BCUT2D eigenvalue weighted by Gasteiger charge is -2.51. The Morgan fingerprint density at radius 1 is 1.13 bits per heavy atom. The summed E-state index contributed by atoms with van der Waals surface area (Å²) < 4.78 is 70.6. The topological polar surface area (TPSA) is 61.7 Å². The van der Waals surface area contributed by atoms with Gasteiger partial charge in [0.05, 0.1) is 17.1 Å². The second kappa shape index (κ2) is 11.8. The zero-order chi connectivity index (χ0) is 33.3. The van der Waals surface area contributed by atoms with Crippen molar-refractivity contribution < 1.29 is 26.7 Å². The van der Waals surface area contributed by atoms with E-state index in [0.717, 1.165) is 6.07 Å². The maximum atomic E-state index is 15.4. The van der Waals surface area contributed by atoms with Crippen LogP contribution in [0.15, 0.2) is 40.5 Å². The van der Waals surface area contributed by atoms with Gasteiger partial charge in [-0.05, 0) is 56.7 Å². The second-order valence-corrected chi connectivity index (χ2v) is 14.3. The lowest BCUT2D eigenvalue weighted by atomic mass is 9.77. The van der Waals surface area contributed by atoms with Gasteiger partial charge < -0.3 is 9.80 Å². The predicted octanol–water partition coefficient (Wildman–Crippen LogP) is 6.28. The van der Waals surface area contributed by atoms with E-state index in [4.69, 9.17) is 11.6 Å². The molecule has 1 amide bonds. The lowest BCUT2D eigenvalue weighted by Crippen LogP contribution is -2.61. The number of hydrogen-bond donors (Lipinski definition) is 0. The average molecular weight is 682 g/mol. The van der Waals surface area contributed by atoms with Crippen molar-refractivity contribution >= 4 is 46.0 Å². The highest BCUT2D eigenvalue weighted by molar-refractivity contribution is 7.99. The van der Waals surface area contributed by atoms with Crippen molar-refractivity contribution in [3.05, 3.63) is 63.6 Å². The molecule has 0 saturated carbocycles.